The lowest BCUT2D eigenvalue weighted by Crippen LogP contribution is -2.26. The zero-order chi connectivity index (χ0) is 13.5. The number of furan rings is 1. The molecule has 1 aromatic heterocycles. The summed E-state index contributed by atoms with van der Waals surface area (Å²) in [7, 11) is 0. The Morgan fingerprint density at radius 2 is 2.00 bits per heavy atom. The fraction of sp³-hybridized carbons (Fsp3) is 0.214. The largest absolute Gasteiger partial charge is 0.454 e. The average molecular weight is 324 g/mol. The number of rotatable bonds is 5. The van der Waals surface area contributed by atoms with E-state index in [0.29, 0.717) is 17.6 Å². The molecule has 0 aliphatic rings. The second-order valence-corrected chi connectivity index (χ2v) is 4.73. The molecule has 0 saturated heterocycles. The molecule has 0 aliphatic carbocycles. The predicted molar refractivity (Wildman–Crippen MR) is 74.7 cm³/mol. The van der Waals surface area contributed by atoms with Crippen LogP contribution >= 0.6 is 15.9 Å². The highest BCUT2D eigenvalue weighted by atomic mass is 79.9. The van der Waals surface area contributed by atoms with Gasteiger partial charge in [0, 0.05) is 13.0 Å². The van der Waals surface area contributed by atoms with Crippen molar-refractivity contribution in [2.45, 2.75) is 13.0 Å². The first-order chi connectivity index (χ1) is 9.24. The molecule has 2 aromatic rings. The van der Waals surface area contributed by atoms with Crippen molar-refractivity contribution in [2.75, 3.05) is 6.54 Å². The minimum atomic E-state index is -0.422. The second-order valence-electron chi connectivity index (χ2n) is 3.94. The van der Waals surface area contributed by atoms with Crippen molar-refractivity contribution in [2.24, 2.45) is 0 Å². The molecule has 19 heavy (non-hydrogen) atoms. The normalized spacial score (nSPS) is 10.2. The maximum Gasteiger partial charge on any atom is 0.407 e. The van der Waals surface area contributed by atoms with E-state index in [0.717, 1.165) is 11.3 Å². The number of ether oxygens (including phenoxy) is 1. The number of benzene rings is 1. The lowest BCUT2D eigenvalue weighted by molar-refractivity contribution is 0.139. The van der Waals surface area contributed by atoms with Gasteiger partial charge in [0.1, 0.15) is 12.4 Å². The van der Waals surface area contributed by atoms with Gasteiger partial charge in [0.05, 0.1) is 0 Å². The Labute approximate surface area is 119 Å². The molecule has 0 atom stereocenters. The summed E-state index contributed by atoms with van der Waals surface area (Å²) >= 11 is 3.23. The highest BCUT2D eigenvalue weighted by molar-refractivity contribution is 9.10. The fourth-order valence-electron chi connectivity index (χ4n) is 1.55. The van der Waals surface area contributed by atoms with Crippen LogP contribution in [0.3, 0.4) is 0 Å². The fourth-order valence-corrected chi connectivity index (χ4v) is 1.89. The molecule has 0 fully saturated rings. The molecular formula is C14H14BrNO3. The third-order valence-corrected chi connectivity index (χ3v) is 2.91. The summed E-state index contributed by atoms with van der Waals surface area (Å²) in [6.07, 6.45) is 0.209. The number of alkyl carbamates (subject to hydrolysis) is 1. The molecule has 1 amide bonds. The minimum absolute atomic E-state index is 0.277. The van der Waals surface area contributed by atoms with Gasteiger partial charge in [0.15, 0.2) is 4.67 Å². The molecular weight excluding hydrogens is 310 g/mol. The number of carbonyl (C=O) groups excluding carboxylic acids is 1. The van der Waals surface area contributed by atoms with Crippen LogP contribution in [0.15, 0.2) is 51.6 Å². The molecule has 4 nitrogen and oxygen atoms in total. The average Bonchev–Trinajstić information content (AvgIpc) is 2.83. The van der Waals surface area contributed by atoms with Crippen LogP contribution in [-0.4, -0.2) is 12.6 Å². The van der Waals surface area contributed by atoms with Gasteiger partial charge >= 0.3 is 6.09 Å². The van der Waals surface area contributed by atoms with Crippen molar-refractivity contribution >= 4 is 22.0 Å². The summed E-state index contributed by atoms with van der Waals surface area (Å²) in [6, 6.07) is 13.2. The van der Waals surface area contributed by atoms with Crippen molar-refractivity contribution in [3.8, 4) is 0 Å². The highest BCUT2D eigenvalue weighted by Crippen LogP contribution is 2.13. The van der Waals surface area contributed by atoms with Gasteiger partial charge in [-0.2, -0.15) is 0 Å². The lowest BCUT2D eigenvalue weighted by atomic mass is 10.2. The Morgan fingerprint density at radius 3 is 2.68 bits per heavy atom. The number of amides is 1. The van der Waals surface area contributed by atoms with E-state index in [4.69, 9.17) is 9.15 Å². The maximum absolute atomic E-state index is 11.4. The van der Waals surface area contributed by atoms with Gasteiger partial charge in [-0.15, -0.1) is 0 Å². The van der Waals surface area contributed by atoms with Gasteiger partial charge in [-0.25, -0.2) is 4.79 Å². The molecule has 0 spiro atoms. The first kappa shape index (κ1) is 13.7. The summed E-state index contributed by atoms with van der Waals surface area (Å²) in [5.41, 5.74) is 0.965. The van der Waals surface area contributed by atoms with Crippen molar-refractivity contribution < 1.29 is 13.9 Å². The van der Waals surface area contributed by atoms with Gasteiger partial charge < -0.3 is 14.5 Å². The van der Waals surface area contributed by atoms with Crippen LogP contribution in [0.5, 0.6) is 0 Å². The van der Waals surface area contributed by atoms with Crippen molar-refractivity contribution in [3.05, 3.63) is 58.5 Å². The van der Waals surface area contributed by atoms with Crippen LogP contribution in [0.2, 0.25) is 0 Å². The molecule has 2 rings (SSSR count). The highest BCUT2D eigenvalue weighted by Gasteiger charge is 2.04. The van der Waals surface area contributed by atoms with Crippen LogP contribution in [0, 0.1) is 0 Å². The molecule has 0 saturated carbocycles. The topological polar surface area (TPSA) is 51.5 Å². The SMILES string of the molecule is O=C(NCCc1ccc(Br)o1)OCc1ccccc1. The number of hydrogen-bond acceptors (Lipinski definition) is 3. The lowest BCUT2D eigenvalue weighted by Gasteiger charge is -2.06. The molecule has 0 unspecified atom stereocenters. The van der Waals surface area contributed by atoms with Crippen LogP contribution in [0.1, 0.15) is 11.3 Å². The zero-order valence-electron chi connectivity index (χ0n) is 10.3. The summed E-state index contributed by atoms with van der Waals surface area (Å²) in [5.74, 6) is 0.815. The molecule has 0 aliphatic heterocycles. The molecule has 5 heteroatoms. The van der Waals surface area contributed by atoms with Crippen LogP contribution in [0.4, 0.5) is 4.79 Å². The van der Waals surface area contributed by atoms with E-state index < -0.39 is 6.09 Å². The molecule has 1 heterocycles. The van der Waals surface area contributed by atoms with E-state index in [1.807, 2.05) is 42.5 Å². The Hall–Kier alpha value is -1.75. The third-order valence-electron chi connectivity index (χ3n) is 2.48. The standard InChI is InChI=1S/C14H14BrNO3/c15-13-7-6-12(19-13)8-9-16-14(17)18-10-11-4-2-1-3-5-11/h1-7H,8-10H2,(H,16,17). The first-order valence-corrected chi connectivity index (χ1v) is 6.72. The van der Waals surface area contributed by atoms with Gasteiger partial charge in [-0.3, -0.25) is 0 Å². The van der Waals surface area contributed by atoms with E-state index >= 15 is 0 Å². The van der Waals surface area contributed by atoms with Crippen LogP contribution in [0.25, 0.3) is 0 Å². The van der Waals surface area contributed by atoms with E-state index in [9.17, 15) is 4.79 Å². The van der Waals surface area contributed by atoms with Crippen LogP contribution in [-0.2, 0) is 17.8 Å². The molecule has 0 bridgehead atoms. The Bertz CT molecular complexity index is 524. The van der Waals surface area contributed by atoms with E-state index in [2.05, 4.69) is 21.2 Å². The number of hydrogen-bond donors (Lipinski definition) is 1. The van der Waals surface area contributed by atoms with E-state index in [1.165, 1.54) is 0 Å². The van der Waals surface area contributed by atoms with Crippen LogP contribution < -0.4 is 5.32 Å². The first-order valence-electron chi connectivity index (χ1n) is 5.93. The summed E-state index contributed by atoms with van der Waals surface area (Å²) in [5, 5.41) is 2.67. The third kappa shape index (κ3) is 4.79. The monoisotopic (exact) mass is 323 g/mol. The van der Waals surface area contributed by atoms with Gasteiger partial charge in [0.25, 0.3) is 0 Å². The molecule has 100 valence electrons. The zero-order valence-corrected chi connectivity index (χ0v) is 11.9. The molecule has 0 radical (unpaired) electrons. The van der Waals surface area contributed by atoms with Gasteiger partial charge in [-0.05, 0) is 33.6 Å². The summed E-state index contributed by atoms with van der Waals surface area (Å²) in [4.78, 5) is 11.4. The molecule has 1 N–H and O–H groups in total. The predicted octanol–water partition coefficient (Wildman–Crippen LogP) is 3.51. The van der Waals surface area contributed by atoms with E-state index in [-0.39, 0.29) is 6.61 Å². The molecule has 1 aromatic carbocycles. The van der Waals surface area contributed by atoms with Gasteiger partial charge in [0.2, 0.25) is 0 Å². The maximum atomic E-state index is 11.4. The van der Waals surface area contributed by atoms with Crippen molar-refractivity contribution in [3.63, 3.8) is 0 Å². The van der Waals surface area contributed by atoms with E-state index in [1.54, 1.807) is 0 Å². The van der Waals surface area contributed by atoms with Crippen molar-refractivity contribution in [1.82, 2.24) is 5.32 Å². The Morgan fingerprint density at radius 1 is 1.21 bits per heavy atom. The Kier molecular flexibility index (Phi) is 5.03. The number of carbonyl (C=O) groups is 1. The smallest absolute Gasteiger partial charge is 0.407 e. The number of halogens is 1. The number of nitrogens with one attached hydrogen (secondary N) is 1. The quantitative estimate of drug-likeness (QED) is 0.916. The van der Waals surface area contributed by atoms with Crippen molar-refractivity contribution in [1.29, 1.82) is 0 Å². The minimum Gasteiger partial charge on any atom is -0.454 e. The van der Waals surface area contributed by atoms with Gasteiger partial charge in [-0.1, -0.05) is 30.3 Å². The second kappa shape index (κ2) is 6.99. The summed E-state index contributed by atoms with van der Waals surface area (Å²) in [6.45, 7) is 0.756. The summed E-state index contributed by atoms with van der Waals surface area (Å²) < 4.78 is 11.1. The Balaban J connectivity index is 1.65.